The Labute approximate surface area is 300 Å². The van der Waals surface area contributed by atoms with Gasteiger partial charge in [-0.15, -0.1) is 0 Å². The van der Waals surface area contributed by atoms with Gasteiger partial charge in [-0.2, -0.15) is 0 Å². The van der Waals surface area contributed by atoms with E-state index in [9.17, 15) is 0 Å². The van der Waals surface area contributed by atoms with E-state index in [0.29, 0.717) is 5.92 Å². The number of benzene rings is 9. The van der Waals surface area contributed by atoms with Gasteiger partial charge in [0, 0.05) is 5.41 Å². The van der Waals surface area contributed by atoms with Crippen LogP contribution in [-0.2, 0) is 5.41 Å². The lowest BCUT2D eigenvalue weighted by Crippen LogP contribution is -2.14. The van der Waals surface area contributed by atoms with Crippen LogP contribution in [0, 0.1) is 0 Å². The largest absolute Gasteiger partial charge is 0.0648 e. The lowest BCUT2D eigenvalue weighted by molar-refractivity contribution is 0.661. The van der Waals surface area contributed by atoms with Gasteiger partial charge in [-0.1, -0.05) is 149 Å². The summed E-state index contributed by atoms with van der Waals surface area (Å²) in [5.74, 6) is 0.448. The van der Waals surface area contributed by atoms with E-state index in [4.69, 9.17) is 0 Å². The van der Waals surface area contributed by atoms with Crippen molar-refractivity contribution < 1.29 is 0 Å². The maximum atomic E-state index is 2.51. The second-order valence-electron chi connectivity index (χ2n) is 15.3. The zero-order valence-electron chi connectivity index (χ0n) is 29.7. The molecule has 0 saturated carbocycles. The maximum absolute atomic E-state index is 2.51. The van der Waals surface area contributed by atoms with Gasteiger partial charge < -0.3 is 0 Å². The fraction of sp³-hybridized carbons (Fsp3) is 0.137. The average molecular weight is 653 g/mol. The summed E-state index contributed by atoms with van der Waals surface area (Å²) in [6.07, 6.45) is 1.10. The first-order valence-electron chi connectivity index (χ1n) is 18.5. The predicted molar refractivity (Wildman–Crippen MR) is 221 cm³/mol. The van der Waals surface area contributed by atoms with Crippen LogP contribution in [0.15, 0.2) is 152 Å². The van der Waals surface area contributed by atoms with Crippen LogP contribution in [0.3, 0.4) is 0 Å². The molecule has 1 unspecified atom stereocenters. The van der Waals surface area contributed by atoms with E-state index in [-0.39, 0.29) is 5.41 Å². The first-order chi connectivity index (χ1) is 24.9. The summed E-state index contributed by atoms with van der Waals surface area (Å²) in [6, 6.07) is 57.4. The first kappa shape index (κ1) is 30.1. The summed E-state index contributed by atoms with van der Waals surface area (Å²) in [6.45, 7) is 9.47. The molecule has 0 aromatic heterocycles. The summed E-state index contributed by atoms with van der Waals surface area (Å²) in [5.41, 5.74) is 12.1. The Balaban J connectivity index is 1.21. The van der Waals surface area contributed by atoms with E-state index in [1.54, 1.807) is 0 Å². The highest BCUT2D eigenvalue weighted by molar-refractivity contribution is 6.26. The molecule has 0 fully saturated rings. The van der Waals surface area contributed by atoms with Gasteiger partial charge in [0.25, 0.3) is 0 Å². The first-order valence-corrected chi connectivity index (χ1v) is 18.5. The molecule has 0 aliphatic heterocycles. The summed E-state index contributed by atoms with van der Waals surface area (Å²) < 4.78 is 0. The van der Waals surface area contributed by atoms with Gasteiger partial charge in [-0.05, 0) is 147 Å². The molecule has 9 aromatic carbocycles. The zero-order valence-corrected chi connectivity index (χ0v) is 29.7. The molecule has 51 heavy (non-hydrogen) atoms. The molecule has 0 radical (unpaired) electrons. The molecule has 0 bridgehead atoms. The van der Waals surface area contributed by atoms with Crippen LogP contribution in [0.5, 0.6) is 0 Å². The van der Waals surface area contributed by atoms with Crippen molar-refractivity contribution in [1.29, 1.82) is 0 Å². The molecule has 1 aliphatic carbocycles. The number of hydrogen-bond acceptors (Lipinski definition) is 0. The van der Waals surface area contributed by atoms with Gasteiger partial charge >= 0.3 is 0 Å². The van der Waals surface area contributed by atoms with Crippen molar-refractivity contribution in [1.82, 2.24) is 0 Å². The molecule has 10 rings (SSSR count). The van der Waals surface area contributed by atoms with Crippen molar-refractivity contribution in [3.8, 4) is 33.4 Å². The van der Waals surface area contributed by atoms with Crippen LogP contribution in [0.4, 0.5) is 0 Å². The minimum absolute atomic E-state index is 0.0382. The Kier molecular flexibility index (Phi) is 6.58. The summed E-state index contributed by atoms with van der Waals surface area (Å²) in [5, 5.41) is 13.2. The van der Waals surface area contributed by atoms with Crippen LogP contribution in [0.1, 0.15) is 56.7 Å². The van der Waals surface area contributed by atoms with E-state index in [0.717, 1.165) is 6.42 Å². The zero-order chi connectivity index (χ0) is 34.4. The third kappa shape index (κ3) is 4.46. The van der Waals surface area contributed by atoms with Crippen molar-refractivity contribution in [3.05, 3.63) is 168 Å². The van der Waals surface area contributed by atoms with Crippen LogP contribution >= 0.6 is 0 Å². The highest BCUT2D eigenvalue weighted by Crippen LogP contribution is 2.51. The number of hydrogen-bond donors (Lipinski definition) is 0. The third-order valence-corrected chi connectivity index (χ3v) is 12.1. The number of rotatable bonds is 4. The molecule has 244 valence electrons. The van der Waals surface area contributed by atoms with Crippen LogP contribution in [0.25, 0.3) is 87.2 Å². The maximum Gasteiger partial charge on any atom is 0.0159 e. The minimum atomic E-state index is -0.0382. The molecule has 1 aliphatic rings. The van der Waals surface area contributed by atoms with Crippen molar-refractivity contribution in [2.75, 3.05) is 0 Å². The van der Waals surface area contributed by atoms with Crippen molar-refractivity contribution in [2.45, 2.75) is 45.4 Å². The van der Waals surface area contributed by atoms with Gasteiger partial charge in [-0.3, -0.25) is 0 Å². The lowest BCUT2D eigenvalue weighted by atomic mass is 9.81. The van der Waals surface area contributed by atoms with Crippen molar-refractivity contribution in [3.63, 3.8) is 0 Å². The highest BCUT2D eigenvalue weighted by Gasteiger charge is 2.35. The van der Waals surface area contributed by atoms with Crippen LogP contribution in [-0.4, -0.2) is 0 Å². The summed E-state index contributed by atoms with van der Waals surface area (Å²) >= 11 is 0. The molecule has 0 nitrogen and oxygen atoms in total. The fourth-order valence-electron chi connectivity index (χ4n) is 9.13. The second-order valence-corrected chi connectivity index (χ2v) is 15.3. The SMILES string of the molecule is CCC(C)c1cc(-c2ccc3c4ccc(-c5ccccc5)cc4c4ccccc4c3c2)cc2c1ccc1cc3c(cc12)C(C)(C)c1ccccc1-3. The molecule has 0 spiro atoms. The van der Waals surface area contributed by atoms with Gasteiger partial charge in [0.2, 0.25) is 0 Å². The standard InChI is InChI=1S/C51H40/c1-5-31(2)43-28-36(29-47-41(43)24-21-35-27-48-42-17-11-12-18-49(42)51(3,4)50(48)30-44(35)47)34-20-23-40-39-22-19-33(32-13-7-6-8-14-32)25-45(39)37-15-9-10-16-38(37)46(40)26-34/h6-31H,5H2,1-4H3. The Hall–Kier alpha value is -5.72. The lowest BCUT2D eigenvalue weighted by Gasteiger charge is -2.22. The number of fused-ring (bicyclic) bond motifs is 12. The van der Waals surface area contributed by atoms with E-state index in [1.807, 2.05) is 0 Å². The fourth-order valence-corrected chi connectivity index (χ4v) is 9.13. The molecule has 0 saturated heterocycles. The molecule has 1 atom stereocenters. The van der Waals surface area contributed by atoms with Gasteiger partial charge in [0.15, 0.2) is 0 Å². The van der Waals surface area contributed by atoms with E-state index in [2.05, 4.69) is 179 Å². The second kappa shape index (κ2) is 11.1. The Morgan fingerprint density at radius 1 is 0.412 bits per heavy atom. The van der Waals surface area contributed by atoms with Gasteiger partial charge in [0.1, 0.15) is 0 Å². The van der Waals surface area contributed by atoms with Gasteiger partial charge in [0.05, 0.1) is 0 Å². The van der Waals surface area contributed by atoms with E-state index >= 15 is 0 Å². The van der Waals surface area contributed by atoms with Crippen LogP contribution < -0.4 is 0 Å². The molecule has 0 heterocycles. The molecule has 0 heteroatoms. The average Bonchev–Trinajstić information content (AvgIpc) is 3.41. The van der Waals surface area contributed by atoms with E-state index < -0.39 is 0 Å². The minimum Gasteiger partial charge on any atom is -0.0648 e. The molecule has 0 N–H and O–H groups in total. The molecule has 9 aromatic rings. The Bertz CT molecular complexity index is 2850. The Morgan fingerprint density at radius 3 is 1.69 bits per heavy atom. The van der Waals surface area contributed by atoms with Crippen molar-refractivity contribution >= 4 is 53.9 Å². The monoisotopic (exact) mass is 652 g/mol. The smallest absolute Gasteiger partial charge is 0.0159 e. The molecular weight excluding hydrogens is 613 g/mol. The van der Waals surface area contributed by atoms with Crippen LogP contribution in [0.2, 0.25) is 0 Å². The predicted octanol–water partition coefficient (Wildman–Crippen LogP) is 14.6. The third-order valence-electron chi connectivity index (χ3n) is 12.1. The van der Waals surface area contributed by atoms with E-state index in [1.165, 1.54) is 104 Å². The van der Waals surface area contributed by atoms with Gasteiger partial charge in [-0.25, -0.2) is 0 Å². The summed E-state index contributed by atoms with van der Waals surface area (Å²) in [4.78, 5) is 0. The Morgan fingerprint density at radius 2 is 0.980 bits per heavy atom. The van der Waals surface area contributed by atoms with Crippen molar-refractivity contribution in [2.24, 2.45) is 0 Å². The summed E-state index contributed by atoms with van der Waals surface area (Å²) in [7, 11) is 0. The molecular formula is C51H40. The highest BCUT2D eigenvalue weighted by atomic mass is 14.4. The normalized spacial score (nSPS) is 14.0. The topological polar surface area (TPSA) is 0 Å². The molecule has 0 amide bonds. The quantitative estimate of drug-likeness (QED) is 0.166.